The maximum atomic E-state index is 11.5. The van der Waals surface area contributed by atoms with Crippen LogP contribution in [0.1, 0.15) is 10.4 Å². The zero-order valence-electron chi connectivity index (χ0n) is 10.0. The molecule has 0 fully saturated rings. The van der Waals surface area contributed by atoms with Crippen molar-refractivity contribution in [1.82, 2.24) is 0 Å². The van der Waals surface area contributed by atoms with Crippen LogP contribution in [0.5, 0.6) is 0 Å². The summed E-state index contributed by atoms with van der Waals surface area (Å²) in [6, 6.07) is 6.51. The molecule has 0 aliphatic carbocycles. The van der Waals surface area contributed by atoms with E-state index in [1.54, 1.807) is 24.3 Å². The van der Waals surface area contributed by atoms with Gasteiger partial charge >= 0.3 is 5.97 Å². The Kier molecular flexibility index (Phi) is 5.83. The predicted molar refractivity (Wildman–Crippen MR) is 64.3 cm³/mol. The van der Waals surface area contributed by atoms with E-state index in [9.17, 15) is 9.59 Å². The first-order valence-corrected chi connectivity index (χ1v) is 5.35. The van der Waals surface area contributed by atoms with Crippen LogP contribution in [0, 0.1) is 0 Å². The second-order valence-corrected chi connectivity index (χ2v) is 3.36. The molecule has 1 aromatic carbocycles. The summed E-state index contributed by atoms with van der Waals surface area (Å²) in [7, 11) is 1.27. The van der Waals surface area contributed by atoms with Crippen LogP contribution >= 0.6 is 0 Å². The molecule has 2 N–H and O–H groups in total. The van der Waals surface area contributed by atoms with Gasteiger partial charge in [0.15, 0.2) is 0 Å². The van der Waals surface area contributed by atoms with Gasteiger partial charge in [0.05, 0.1) is 31.6 Å². The first-order chi connectivity index (χ1) is 8.69. The molecule has 0 spiro atoms. The lowest BCUT2D eigenvalue weighted by Gasteiger charge is -2.09. The van der Waals surface area contributed by atoms with Crippen LogP contribution in [0.25, 0.3) is 0 Å². The Morgan fingerprint density at radius 2 is 2.06 bits per heavy atom. The Morgan fingerprint density at radius 3 is 2.72 bits per heavy atom. The average molecular weight is 253 g/mol. The molecule has 1 amide bonds. The summed E-state index contributed by atoms with van der Waals surface area (Å²) < 4.78 is 9.47. The third-order valence-corrected chi connectivity index (χ3v) is 2.08. The van der Waals surface area contributed by atoms with Crippen molar-refractivity contribution in [2.45, 2.75) is 0 Å². The van der Waals surface area contributed by atoms with Crippen LogP contribution in [0.3, 0.4) is 0 Å². The summed E-state index contributed by atoms with van der Waals surface area (Å²) in [4.78, 5) is 22.9. The van der Waals surface area contributed by atoms with Crippen LogP contribution < -0.4 is 5.32 Å². The molecule has 98 valence electrons. The summed E-state index contributed by atoms with van der Waals surface area (Å²) in [5.41, 5.74) is 0.637. The van der Waals surface area contributed by atoms with E-state index in [1.165, 1.54) is 7.11 Å². The van der Waals surface area contributed by atoms with Crippen LogP contribution in [0.15, 0.2) is 24.3 Å². The van der Waals surface area contributed by atoms with Crippen molar-refractivity contribution in [2.24, 2.45) is 0 Å². The fourth-order valence-electron chi connectivity index (χ4n) is 1.30. The molecule has 18 heavy (non-hydrogen) atoms. The molecule has 1 rings (SSSR count). The molecule has 0 saturated heterocycles. The largest absolute Gasteiger partial charge is 0.465 e. The zero-order chi connectivity index (χ0) is 13.4. The smallest absolute Gasteiger partial charge is 0.339 e. The number of esters is 1. The maximum Gasteiger partial charge on any atom is 0.339 e. The molecule has 0 atom stereocenters. The number of hydrogen-bond acceptors (Lipinski definition) is 5. The number of hydrogen-bond donors (Lipinski definition) is 2. The molecule has 0 heterocycles. The highest BCUT2D eigenvalue weighted by Gasteiger charge is 2.12. The standard InChI is InChI=1S/C12H15NO5/c1-17-12(16)9-4-2-3-5-10(9)13-11(15)8-18-7-6-14/h2-5,14H,6-8H2,1H3,(H,13,15). The summed E-state index contributed by atoms with van der Waals surface area (Å²) in [6.45, 7) is -0.242. The lowest BCUT2D eigenvalue weighted by molar-refractivity contribution is -0.120. The molecule has 0 bridgehead atoms. The molecular weight excluding hydrogens is 238 g/mol. The Labute approximate surface area is 105 Å². The minimum atomic E-state index is -0.526. The normalized spacial score (nSPS) is 9.89. The van der Waals surface area contributed by atoms with Gasteiger partial charge in [0.2, 0.25) is 5.91 Å². The third kappa shape index (κ3) is 4.15. The SMILES string of the molecule is COC(=O)c1ccccc1NC(=O)COCCO. The predicted octanol–water partition coefficient (Wildman–Crippen LogP) is 0.421. The Balaban J connectivity index is 2.66. The van der Waals surface area contributed by atoms with Gasteiger partial charge in [0, 0.05) is 0 Å². The van der Waals surface area contributed by atoms with Crippen LogP contribution in [0.4, 0.5) is 5.69 Å². The topological polar surface area (TPSA) is 84.9 Å². The van der Waals surface area contributed by atoms with Gasteiger partial charge in [0.25, 0.3) is 0 Å². The molecule has 1 aromatic rings. The van der Waals surface area contributed by atoms with Crippen molar-refractivity contribution in [1.29, 1.82) is 0 Å². The molecule has 6 heteroatoms. The zero-order valence-corrected chi connectivity index (χ0v) is 10.0. The highest BCUT2D eigenvalue weighted by molar-refractivity contribution is 6.01. The number of carbonyl (C=O) groups excluding carboxylic acids is 2. The van der Waals surface area contributed by atoms with Gasteiger partial charge in [-0.3, -0.25) is 4.79 Å². The minimum Gasteiger partial charge on any atom is -0.465 e. The van der Waals surface area contributed by atoms with E-state index in [2.05, 4.69) is 10.1 Å². The maximum absolute atomic E-state index is 11.5. The van der Waals surface area contributed by atoms with E-state index in [0.29, 0.717) is 5.69 Å². The fraction of sp³-hybridized carbons (Fsp3) is 0.333. The van der Waals surface area contributed by atoms with Crippen LogP contribution in [-0.2, 0) is 14.3 Å². The van der Waals surface area contributed by atoms with E-state index in [-0.39, 0.29) is 25.4 Å². The molecule has 0 aliphatic heterocycles. The van der Waals surface area contributed by atoms with Crippen molar-refractivity contribution in [3.05, 3.63) is 29.8 Å². The van der Waals surface area contributed by atoms with Crippen LogP contribution in [-0.4, -0.2) is 43.9 Å². The molecule has 6 nitrogen and oxygen atoms in total. The van der Waals surface area contributed by atoms with Gasteiger partial charge in [-0.25, -0.2) is 4.79 Å². The van der Waals surface area contributed by atoms with E-state index < -0.39 is 11.9 Å². The highest BCUT2D eigenvalue weighted by atomic mass is 16.5. The first kappa shape index (κ1) is 14.1. The van der Waals surface area contributed by atoms with Gasteiger partial charge in [-0.2, -0.15) is 0 Å². The summed E-state index contributed by atoms with van der Waals surface area (Å²) in [6.07, 6.45) is 0. The van der Waals surface area contributed by atoms with Gasteiger partial charge in [0.1, 0.15) is 6.61 Å². The number of aliphatic hydroxyl groups excluding tert-OH is 1. The number of anilines is 1. The summed E-state index contributed by atoms with van der Waals surface area (Å²) in [5, 5.41) is 11.0. The summed E-state index contributed by atoms with van der Waals surface area (Å²) in [5.74, 6) is -0.929. The van der Waals surface area contributed by atoms with Crippen molar-refractivity contribution in [3.63, 3.8) is 0 Å². The van der Waals surface area contributed by atoms with Gasteiger partial charge < -0.3 is 19.9 Å². The monoisotopic (exact) mass is 253 g/mol. The number of carbonyl (C=O) groups is 2. The lowest BCUT2D eigenvalue weighted by Crippen LogP contribution is -2.21. The van der Waals surface area contributed by atoms with Crippen molar-refractivity contribution in [3.8, 4) is 0 Å². The molecular formula is C12H15NO5. The van der Waals surface area contributed by atoms with Crippen LogP contribution in [0.2, 0.25) is 0 Å². The van der Waals surface area contributed by atoms with E-state index in [4.69, 9.17) is 9.84 Å². The molecule has 0 saturated carbocycles. The second kappa shape index (κ2) is 7.41. The number of rotatable bonds is 6. The number of methoxy groups -OCH3 is 1. The highest BCUT2D eigenvalue weighted by Crippen LogP contribution is 2.15. The average Bonchev–Trinajstić information content (AvgIpc) is 2.39. The molecule has 0 unspecified atom stereocenters. The molecule has 0 radical (unpaired) electrons. The number of ether oxygens (including phenoxy) is 2. The third-order valence-electron chi connectivity index (χ3n) is 2.08. The van der Waals surface area contributed by atoms with Crippen molar-refractivity contribution >= 4 is 17.6 Å². The number of nitrogens with one attached hydrogen (secondary N) is 1. The van der Waals surface area contributed by atoms with Gasteiger partial charge in [-0.1, -0.05) is 12.1 Å². The minimum absolute atomic E-state index is 0.0894. The number of amides is 1. The molecule has 0 aromatic heterocycles. The quantitative estimate of drug-likeness (QED) is 0.567. The second-order valence-electron chi connectivity index (χ2n) is 3.36. The van der Waals surface area contributed by atoms with Crippen molar-refractivity contribution in [2.75, 3.05) is 32.2 Å². The van der Waals surface area contributed by atoms with Gasteiger partial charge in [-0.05, 0) is 12.1 Å². The van der Waals surface area contributed by atoms with E-state index in [1.807, 2.05) is 0 Å². The number of aliphatic hydroxyl groups is 1. The lowest BCUT2D eigenvalue weighted by atomic mass is 10.2. The van der Waals surface area contributed by atoms with Crippen molar-refractivity contribution < 1.29 is 24.2 Å². The fourth-order valence-corrected chi connectivity index (χ4v) is 1.30. The Morgan fingerprint density at radius 1 is 1.33 bits per heavy atom. The molecule has 0 aliphatic rings. The van der Waals surface area contributed by atoms with E-state index in [0.717, 1.165) is 0 Å². The number of benzene rings is 1. The Bertz CT molecular complexity index is 419. The summed E-state index contributed by atoms with van der Waals surface area (Å²) >= 11 is 0. The Hall–Kier alpha value is -1.92. The van der Waals surface area contributed by atoms with E-state index >= 15 is 0 Å². The number of para-hydroxylation sites is 1. The van der Waals surface area contributed by atoms with Gasteiger partial charge in [-0.15, -0.1) is 0 Å². The first-order valence-electron chi connectivity index (χ1n) is 5.35.